The summed E-state index contributed by atoms with van der Waals surface area (Å²) in [7, 11) is 1.82. The van der Waals surface area contributed by atoms with Gasteiger partial charge in [-0.2, -0.15) is 0 Å². The van der Waals surface area contributed by atoms with Crippen LogP contribution in [0.15, 0.2) is 29.4 Å². The van der Waals surface area contributed by atoms with Gasteiger partial charge in [-0.05, 0) is 32.4 Å². The van der Waals surface area contributed by atoms with Crippen molar-refractivity contribution >= 4 is 12.0 Å². The van der Waals surface area contributed by atoms with Crippen LogP contribution in [0.25, 0.3) is 0 Å². The zero-order valence-electron chi connectivity index (χ0n) is 10.1. The van der Waals surface area contributed by atoms with E-state index >= 15 is 0 Å². The second kappa shape index (κ2) is 5.75. The number of allylic oxidation sites excluding steroid dienone is 1. The van der Waals surface area contributed by atoms with Crippen molar-refractivity contribution in [2.24, 2.45) is 4.99 Å². The number of hydrogen-bond donors (Lipinski definition) is 1. The van der Waals surface area contributed by atoms with Crippen molar-refractivity contribution in [3.05, 3.63) is 24.4 Å². The first-order chi connectivity index (χ1) is 7.67. The standard InChI is InChI=1S/C13H20N2O/c1-4-9-15-10-11(2)13(14-3)8-6-5-7-12(13)16/h4,9-10,14H,2,5-8H2,1,3H3/b9-4-,15-10-/t13-/m0/s1. The number of rotatable bonds is 4. The van der Waals surface area contributed by atoms with Crippen molar-refractivity contribution < 1.29 is 4.79 Å². The van der Waals surface area contributed by atoms with Crippen LogP contribution >= 0.6 is 0 Å². The Kier molecular flexibility index (Phi) is 4.62. The van der Waals surface area contributed by atoms with Gasteiger partial charge in [0.2, 0.25) is 0 Å². The maximum absolute atomic E-state index is 12.0. The molecule has 1 atom stereocenters. The van der Waals surface area contributed by atoms with Gasteiger partial charge in [-0.15, -0.1) is 0 Å². The summed E-state index contributed by atoms with van der Waals surface area (Å²) in [6, 6.07) is 0. The predicted molar refractivity (Wildman–Crippen MR) is 67.7 cm³/mol. The van der Waals surface area contributed by atoms with Crippen molar-refractivity contribution in [3.8, 4) is 0 Å². The predicted octanol–water partition coefficient (Wildman–Crippen LogP) is 2.25. The fourth-order valence-electron chi connectivity index (χ4n) is 2.12. The lowest BCUT2D eigenvalue weighted by Crippen LogP contribution is -2.53. The number of nitrogens with one attached hydrogen (secondary N) is 1. The monoisotopic (exact) mass is 220 g/mol. The van der Waals surface area contributed by atoms with Gasteiger partial charge in [-0.25, -0.2) is 0 Å². The van der Waals surface area contributed by atoms with E-state index in [1.165, 1.54) is 0 Å². The molecule has 0 saturated heterocycles. The van der Waals surface area contributed by atoms with Crippen LogP contribution in [0.1, 0.15) is 32.6 Å². The molecule has 16 heavy (non-hydrogen) atoms. The summed E-state index contributed by atoms with van der Waals surface area (Å²) in [5.41, 5.74) is 0.182. The summed E-state index contributed by atoms with van der Waals surface area (Å²) >= 11 is 0. The number of Topliss-reactive ketones (excluding diaryl/α,β-unsaturated/α-hetero) is 1. The molecular formula is C13H20N2O. The van der Waals surface area contributed by atoms with Crippen molar-refractivity contribution in [1.82, 2.24) is 5.32 Å². The highest BCUT2D eigenvalue weighted by Crippen LogP contribution is 2.29. The lowest BCUT2D eigenvalue weighted by molar-refractivity contribution is -0.125. The van der Waals surface area contributed by atoms with E-state index in [9.17, 15) is 4.79 Å². The molecular weight excluding hydrogens is 200 g/mol. The van der Waals surface area contributed by atoms with Crippen LogP contribution < -0.4 is 5.32 Å². The summed E-state index contributed by atoms with van der Waals surface area (Å²) in [4.78, 5) is 16.1. The van der Waals surface area contributed by atoms with Gasteiger partial charge in [0.25, 0.3) is 0 Å². The SMILES string of the molecule is C=C(/C=N\C=C/C)[C@@]1(NC)CCCCC1=O. The minimum Gasteiger partial charge on any atom is -0.304 e. The number of nitrogens with zero attached hydrogens (tertiary/aromatic N) is 1. The molecule has 1 aliphatic rings. The van der Waals surface area contributed by atoms with Crippen LogP contribution in [-0.2, 0) is 4.79 Å². The molecule has 1 rings (SSSR count). The second-order valence-corrected chi connectivity index (χ2v) is 4.07. The van der Waals surface area contributed by atoms with E-state index in [0.717, 1.165) is 24.8 Å². The van der Waals surface area contributed by atoms with E-state index in [1.807, 2.05) is 20.0 Å². The molecule has 0 bridgehead atoms. The maximum Gasteiger partial charge on any atom is 0.157 e. The van der Waals surface area contributed by atoms with Crippen LogP contribution in [0.4, 0.5) is 0 Å². The molecule has 0 heterocycles. The maximum atomic E-state index is 12.0. The van der Waals surface area contributed by atoms with Crippen LogP contribution in [-0.4, -0.2) is 24.6 Å². The van der Waals surface area contributed by atoms with E-state index < -0.39 is 5.54 Å². The second-order valence-electron chi connectivity index (χ2n) is 4.07. The number of aliphatic imine (C=N–C) groups is 1. The van der Waals surface area contributed by atoms with E-state index in [1.54, 1.807) is 12.4 Å². The summed E-state index contributed by atoms with van der Waals surface area (Å²) in [6.45, 7) is 5.88. The summed E-state index contributed by atoms with van der Waals surface area (Å²) in [5, 5.41) is 3.13. The van der Waals surface area contributed by atoms with Crippen molar-refractivity contribution in [2.45, 2.75) is 38.1 Å². The minimum absolute atomic E-state index is 0.234. The average Bonchev–Trinajstić information content (AvgIpc) is 2.30. The highest BCUT2D eigenvalue weighted by molar-refractivity contribution is 6.00. The summed E-state index contributed by atoms with van der Waals surface area (Å²) < 4.78 is 0. The van der Waals surface area contributed by atoms with Crippen LogP contribution in [0.5, 0.6) is 0 Å². The molecule has 1 saturated carbocycles. The molecule has 1 N–H and O–H groups in total. The number of likely N-dealkylation sites (N-methyl/N-ethyl adjacent to an activating group) is 1. The van der Waals surface area contributed by atoms with Gasteiger partial charge in [0.05, 0.1) is 0 Å². The minimum atomic E-state index is -0.580. The third kappa shape index (κ3) is 2.47. The quantitative estimate of drug-likeness (QED) is 0.738. The van der Waals surface area contributed by atoms with E-state index in [0.29, 0.717) is 6.42 Å². The van der Waals surface area contributed by atoms with Crippen LogP contribution in [0, 0.1) is 0 Å². The molecule has 0 radical (unpaired) electrons. The first-order valence-corrected chi connectivity index (χ1v) is 5.73. The third-order valence-corrected chi connectivity index (χ3v) is 3.12. The molecule has 0 unspecified atom stereocenters. The van der Waals surface area contributed by atoms with E-state index in [2.05, 4.69) is 16.9 Å². The Balaban J connectivity index is 2.86. The molecule has 0 aromatic carbocycles. The van der Waals surface area contributed by atoms with Crippen molar-refractivity contribution in [3.63, 3.8) is 0 Å². The highest BCUT2D eigenvalue weighted by Gasteiger charge is 2.40. The molecule has 1 fully saturated rings. The number of ketones is 1. The summed E-state index contributed by atoms with van der Waals surface area (Å²) in [5.74, 6) is 0.234. The van der Waals surface area contributed by atoms with Gasteiger partial charge in [-0.1, -0.05) is 19.1 Å². The van der Waals surface area contributed by atoms with Gasteiger partial charge in [0, 0.05) is 18.8 Å². The number of hydrogen-bond acceptors (Lipinski definition) is 3. The van der Waals surface area contributed by atoms with E-state index in [4.69, 9.17) is 0 Å². The Morgan fingerprint density at radius 3 is 2.88 bits per heavy atom. The molecule has 88 valence electrons. The molecule has 0 spiro atoms. The molecule has 3 heteroatoms. The van der Waals surface area contributed by atoms with Crippen LogP contribution in [0.3, 0.4) is 0 Å². The zero-order valence-corrected chi connectivity index (χ0v) is 10.1. The fraction of sp³-hybridized carbons (Fsp3) is 0.538. The highest BCUT2D eigenvalue weighted by atomic mass is 16.1. The van der Waals surface area contributed by atoms with Crippen LogP contribution in [0.2, 0.25) is 0 Å². The molecule has 0 amide bonds. The largest absolute Gasteiger partial charge is 0.304 e. The molecule has 0 aromatic heterocycles. The van der Waals surface area contributed by atoms with Gasteiger partial charge >= 0.3 is 0 Å². The molecule has 0 aromatic rings. The zero-order chi connectivity index (χ0) is 12.0. The van der Waals surface area contributed by atoms with Crippen molar-refractivity contribution in [2.75, 3.05) is 7.05 Å². The van der Waals surface area contributed by atoms with Gasteiger partial charge in [-0.3, -0.25) is 9.79 Å². The first kappa shape index (κ1) is 12.8. The Morgan fingerprint density at radius 2 is 2.31 bits per heavy atom. The topological polar surface area (TPSA) is 41.5 Å². The Bertz CT molecular complexity index is 331. The lowest BCUT2D eigenvalue weighted by atomic mass is 9.76. The average molecular weight is 220 g/mol. The normalized spacial score (nSPS) is 26.8. The lowest BCUT2D eigenvalue weighted by Gasteiger charge is -2.35. The smallest absolute Gasteiger partial charge is 0.157 e. The number of carbonyl (C=O) groups is 1. The molecule has 0 aliphatic heterocycles. The number of carbonyl (C=O) groups excluding carboxylic acids is 1. The third-order valence-electron chi connectivity index (χ3n) is 3.12. The molecule has 3 nitrogen and oxygen atoms in total. The Hall–Kier alpha value is -1.22. The Morgan fingerprint density at radius 1 is 1.56 bits per heavy atom. The van der Waals surface area contributed by atoms with Crippen molar-refractivity contribution in [1.29, 1.82) is 0 Å². The van der Waals surface area contributed by atoms with Gasteiger partial charge in [0.1, 0.15) is 5.54 Å². The van der Waals surface area contributed by atoms with E-state index in [-0.39, 0.29) is 5.78 Å². The van der Waals surface area contributed by atoms with Gasteiger partial charge in [0.15, 0.2) is 5.78 Å². The Labute approximate surface area is 97.3 Å². The molecule has 1 aliphatic carbocycles. The summed E-state index contributed by atoms with van der Waals surface area (Å²) in [6.07, 6.45) is 8.73. The fourth-order valence-corrected chi connectivity index (χ4v) is 2.12. The first-order valence-electron chi connectivity index (χ1n) is 5.73. The van der Waals surface area contributed by atoms with Gasteiger partial charge < -0.3 is 5.32 Å².